The van der Waals surface area contributed by atoms with E-state index in [1.165, 1.54) is 12.1 Å². The molecule has 0 aliphatic carbocycles. The van der Waals surface area contributed by atoms with Crippen LogP contribution in [-0.2, 0) is 9.53 Å². The molecule has 7 heteroatoms. The third-order valence-corrected chi connectivity index (χ3v) is 2.35. The van der Waals surface area contributed by atoms with E-state index in [0.29, 0.717) is 6.42 Å². The Morgan fingerprint density at radius 3 is 2.61 bits per heavy atom. The lowest BCUT2D eigenvalue weighted by Gasteiger charge is -2.14. The Morgan fingerprint density at radius 1 is 1.39 bits per heavy atom. The number of rotatable bonds is 5. The quantitative estimate of drug-likeness (QED) is 0.814. The fraction of sp³-hybridized carbons (Fsp3) is 0.455. The molecule has 6 nitrogen and oxygen atoms in total. The van der Waals surface area contributed by atoms with Gasteiger partial charge in [-0.1, -0.05) is 18.5 Å². The summed E-state index contributed by atoms with van der Waals surface area (Å²) >= 11 is 5.56. The average Bonchev–Trinajstić information content (AvgIpc) is 2.36. The van der Waals surface area contributed by atoms with Gasteiger partial charge in [0, 0.05) is 0 Å². The average molecular weight is 272 g/mol. The van der Waals surface area contributed by atoms with Crippen molar-refractivity contribution in [3.05, 3.63) is 23.0 Å². The summed E-state index contributed by atoms with van der Waals surface area (Å²) in [5.41, 5.74) is 0.0992. The Morgan fingerprint density at radius 2 is 2.11 bits per heavy atom. The van der Waals surface area contributed by atoms with Crippen molar-refractivity contribution in [2.45, 2.75) is 26.3 Å². The molecule has 0 fully saturated rings. The summed E-state index contributed by atoms with van der Waals surface area (Å²) in [5, 5.41) is 9.90. The van der Waals surface area contributed by atoms with Gasteiger partial charge in [-0.15, -0.1) is 10.2 Å². The fourth-order valence-electron chi connectivity index (χ4n) is 1.24. The van der Waals surface area contributed by atoms with Gasteiger partial charge in [-0.05, 0) is 25.5 Å². The zero-order chi connectivity index (χ0) is 13.5. The lowest BCUT2D eigenvalue weighted by Crippen LogP contribution is -2.41. The second-order valence-corrected chi connectivity index (χ2v) is 3.81. The predicted molar refractivity (Wildman–Crippen MR) is 65.2 cm³/mol. The first-order valence-electron chi connectivity index (χ1n) is 5.55. The monoisotopic (exact) mass is 271 g/mol. The minimum Gasteiger partial charge on any atom is -0.464 e. The van der Waals surface area contributed by atoms with Gasteiger partial charge in [-0.2, -0.15) is 0 Å². The van der Waals surface area contributed by atoms with Gasteiger partial charge in [0.25, 0.3) is 5.91 Å². The lowest BCUT2D eigenvalue weighted by molar-refractivity contribution is -0.145. The van der Waals surface area contributed by atoms with Crippen molar-refractivity contribution in [3.8, 4) is 0 Å². The van der Waals surface area contributed by atoms with E-state index in [2.05, 4.69) is 15.5 Å². The highest BCUT2D eigenvalue weighted by Gasteiger charge is 2.21. The van der Waals surface area contributed by atoms with Gasteiger partial charge >= 0.3 is 5.97 Å². The summed E-state index contributed by atoms with van der Waals surface area (Å²) in [4.78, 5) is 23.3. The molecule has 0 aliphatic rings. The topological polar surface area (TPSA) is 81.2 Å². The second-order valence-electron chi connectivity index (χ2n) is 3.43. The van der Waals surface area contributed by atoms with Crippen LogP contribution in [0, 0.1) is 0 Å². The summed E-state index contributed by atoms with van der Waals surface area (Å²) in [6, 6.07) is 2.20. The molecule has 0 bridgehead atoms. The lowest BCUT2D eigenvalue weighted by atomic mass is 10.2. The predicted octanol–water partition coefficient (Wildman–Crippen LogP) is 1.20. The Kier molecular flexibility index (Phi) is 5.51. The van der Waals surface area contributed by atoms with E-state index in [1.54, 1.807) is 13.8 Å². The molecule has 1 aromatic rings. The first-order chi connectivity index (χ1) is 8.58. The maximum atomic E-state index is 11.8. The van der Waals surface area contributed by atoms with Crippen molar-refractivity contribution in [1.82, 2.24) is 15.5 Å². The number of nitrogens with zero attached hydrogens (tertiary/aromatic N) is 2. The molecule has 0 saturated carbocycles. The third kappa shape index (κ3) is 3.96. The number of halogens is 1. The number of nitrogens with one attached hydrogen (secondary N) is 1. The standard InChI is InChI=1S/C11H14ClN3O3/c1-3-7(11(17)18-4-2)13-10(16)8-5-6-9(12)15-14-8/h5-7H,3-4H2,1-2H3,(H,13,16). The molecule has 1 rings (SSSR count). The normalized spacial score (nSPS) is 11.7. The molecule has 1 aromatic heterocycles. The zero-order valence-electron chi connectivity index (χ0n) is 10.1. The van der Waals surface area contributed by atoms with Crippen molar-refractivity contribution in [1.29, 1.82) is 0 Å². The Balaban J connectivity index is 2.67. The van der Waals surface area contributed by atoms with Gasteiger partial charge in [-0.3, -0.25) is 4.79 Å². The van der Waals surface area contributed by atoms with Crippen LogP contribution in [0.2, 0.25) is 5.15 Å². The van der Waals surface area contributed by atoms with Gasteiger partial charge < -0.3 is 10.1 Å². The molecule has 0 radical (unpaired) electrons. The van der Waals surface area contributed by atoms with E-state index in [1.807, 2.05) is 0 Å². The van der Waals surface area contributed by atoms with Crippen molar-refractivity contribution in [3.63, 3.8) is 0 Å². The van der Waals surface area contributed by atoms with Crippen LogP contribution < -0.4 is 5.32 Å². The van der Waals surface area contributed by atoms with Crippen LogP contribution in [0.15, 0.2) is 12.1 Å². The Labute approximate surface area is 110 Å². The molecular weight excluding hydrogens is 258 g/mol. The molecule has 0 spiro atoms. The van der Waals surface area contributed by atoms with Crippen molar-refractivity contribution >= 4 is 23.5 Å². The summed E-state index contributed by atoms with van der Waals surface area (Å²) in [6.45, 7) is 3.75. The number of carbonyl (C=O) groups excluding carboxylic acids is 2. The van der Waals surface area contributed by atoms with Crippen LogP contribution in [0.4, 0.5) is 0 Å². The molecule has 98 valence electrons. The van der Waals surface area contributed by atoms with E-state index in [-0.39, 0.29) is 17.5 Å². The highest BCUT2D eigenvalue weighted by Crippen LogP contribution is 2.03. The minimum atomic E-state index is -0.685. The van der Waals surface area contributed by atoms with Crippen LogP contribution >= 0.6 is 11.6 Å². The van der Waals surface area contributed by atoms with E-state index >= 15 is 0 Å². The van der Waals surface area contributed by atoms with Gasteiger partial charge in [-0.25, -0.2) is 4.79 Å². The van der Waals surface area contributed by atoms with Gasteiger partial charge in [0.15, 0.2) is 10.8 Å². The van der Waals surface area contributed by atoms with E-state index in [4.69, 9.17) is 16.3 Å². The third-order valence-electron chi connectivity index (χ3n) is 2.15. The second kappa shape index (κ2) is 6.90. The molecule has 0 aromatic carbocycles. The number of hydrogen-bond acceptors (Lipinski definition) is 5. The number of aromatic nitrogens is 2. The van der Waals surface area contributed by atoms with Gasteiger partial charge in [0.1, 0.15) is 6.04 Å². The Hall–Kier alpha value is -1.69. The van der Waals surface area contributed by atoms with E-state index in [9.17, 15) is 9.59 Å². The largest absolute Gasteiger partial charge is 0.464 e. The van der Waals surface area contributed by atoms with Crippen LogP contribution in [0.5, 0.6) is 0 Å². The SMILES string of the molecule is CCOC(=O)C(CC)NC(=O)c1ccc(Cl)nn1. The first-order valence-corrected chi connectivity index (χ1v) is 5.93. The first kappa shape index (κ1) is 14.4. The van der Waals surface area contributed by atoms with Crippen LogP contribution in [0.25, 0.3) is 0 Å². The molecule has 0 saturated heterocycles. The summed E-state index contributed by atoms with van der Waals surface area (Å²) in [5.74, 6) is -0.950. The maximum absolute atomic E-state index is 11.8. The molecule has 18 heavy (non-hydrogen) atoms. The molecule has 1 N–H and O–H groups in total. The summed E-state index contributed by atoms with van der Waals surface area (Å²) in [7, 11) is 0. The maximum Gasteiger partial charge on any atom is 0.328 e. The van der Waals surface area contributed by atoms with E-state index < -0.39 is 17.9 Å². The molecular formula is C11H14ClN3O3. The number of carbonyl (C=O) groups is 2. The van der Waals surface area contributed by atoms with Crippen LogP contribution in [-0.4, -0.2) is 34.7 Å². The number of hydrogen-bond donors (Lipinski definition) is 1. The van der Waals surface area contributed by atoms with E-state index in [0.717, 1.165) is 0 Å². The molecule has 1 unspecified atom stereocenters. The number of amides is 1. The number of ether oxygens (including phenoxy) is 1. The van der Waals surface area contributed by atoms with Crippen LogP contribution in [0.3, 0.4) is 0 Å². The summed E-state index contributed by atoms with van der Waals surface area (Å²) < 4.78 is 4.84. The molecule has 1 heterocycles. The fourth-order valence-corrected chi connectivity index (χ4v) is 1.34. The molecule has 1 amide bonds. The molecule has 0 aliphatic heterocycles. The molecule has 1 atom stereocenters. The summed E-state index contributed by atoms with van der Waals surface area (Å²) in [6.07, 6.45) is 0.436. The minimum absolute atomic E-state index is 0.0992. The Bertz CT molecular complexity index is 422. The highest BCUT2D eigenvalue weighted by atomic mass is 35.5. The van der Waals surface area contributed by atoms with Crippen molar-refractivity contribution in [2.24, 2.45) is 0 Å². The van der Waals surface area contributed by atoms with Gasteiger partial charge in [0.2, 0.25) is 0 Å². The highest BCUT2D eigenvalue weighted by molar-refractivity contribution is 6.29. The van der Waals surface area contributed by atoms with Crippen molar-refractivity contribution < 1.29 is 14.3 Å². The zero-order valence-corrected chi connectivity index (χ0v) is 10.9. The smallest absolute Gasteiger partial charge is 0.328 e. The van der Waals surface area contributed by atoms with Crippen molar-refractivity contribution in [2.75, 3.05) is 6.61 Å². The van der Waals surface area contributed by atoms with Crippen LogP contribution in [0.1, 0.15) is 30.8 Å². The van der Waals surface area contributed by atoms with Gasteiger partial charge in [0.05, 0.1) is 6.61 Å². The number of esters is 1.